The van der Waals surface area contributed by atoms with Crippen molar-refractivity contribution < 1.29 is 9.53 Å². The first-order valence-electron chi connectivity index (χ1n) is 6.84. The first kappa shape index (κ1) is 14.4. The first-order valence-corrected chi connectivity index (χ1v) is 6.84. The molecule has 1 saturated heterocycles. The number of hydrogen-bond acceptors (Lipinski definition) is 4. The van der Waals surface area contributed by atoms with Gasteiger partial charge in [0.2, 0.25) is 5.91 Å². The van der Waals surface area contributed by atoms with Crippen LogP contribution in [-0.2, 0) is 4.79 Å². The number of nitriles is 1. The van der Waals surface area contributed by atoms with Crippen LogP contribution in [0.3, 0.4) is 0 Å². The van der Waals surface area contributed by atoms with E-state index in [-0.39, 0.29) is 11.9 Å². The minimum atomic E-state index is -0.176. The van der Waals surface area contributed by atoms with E-state index in [0.717, 1.165) is 19.4 Å². The summed E-state index contributed by atoms with van der Waals surface area (Å²) in [4.78, 5) is 14.2. The molecule has 1 atom stereocenters. The summed E-state index contributed by atoms with van der Waals surface area (Å²) in [5.41, 5.74) is 1.06. The molecule has 1 aliphatic heterocycles. The largest absolute Gasteiger partial charge is 0.495 e. The average molecular weight is 273 g/mol. The predicted octanol–water partition coefficient (Wildman–Crippen LogP) is 1.67. The summed E-state index contributed by atoms with van der Waals surface area (Å²) in [6.07, 6.45) is 1.74. The van der Waals surface area contributed by atoms with E-state index in [2.05, 4.69) is 11.4 Å². The molecular weight excluding hydrogens is 254 g/mol. The predicted molar refractivity (Wildman–Crippen MR) is 76.8 cm³/mol. The highest BCUT2D eigenvalue weighted by Gasteiger charge is 2.31. The van der Waals surface area contributed by atoms with Crippen molar-refractivity contribution in [1.82, 2.24) is 5.32 Å². The molecule has 1 aliphatic rings. The van der Waals surface area contributed by atoms with E-state index in [0.29, 0.717) is 23.5 Å². The van der Waals surface area contributed by atoms with Crippen molar-refractivity contribution in [1.29, 1.82) is 5.26 Å². The lowest BCUT2D eigenvalue weighted by molar-refractivity contribution is -0.121. The van der Waals surface area contributed by atoms with Gasteiger partial charge in [0.15, 0.2) is 0 Å². The Balaban J connectivity index is 2.40. The van der Waals surface area contributed by atoms with Gasteiger partial charge >= 0.3 is 0 Å². The number of rotatable bonds is 4. The van der Waals surface area contributed by atoms with Crippen LogP contribution in [0.1, 0.15) is 25.3 Å². The van der Waals surface area contributed by atoms with Crippen LogP contribution < -0.4 is 15.0 Å². The third kappa shape index (κ3) is 2.61. The molecule has 0 spiro atoms. The van der Waals surface area contributed by atoms with Crippen LogP contribution in [0.2, 0.25) is 0 Å². The zero-order valence-corrected chi connectivity index (χ0v) is 11.8. The molecule has 2 rings (SSSR count). The summed E-state index contributed by atoms with van der Waals surface area (Å²) in [6.45, 7) is 3.35. The molecule has 0 saturated carbocycles. The van der Waals surface area contributed by atoms with Crippen molar-refractivity contribution in [2.24, 2.45) is 0 Å². The van der Waals surface area contributed by atoms with Gasteiger partial charge in [0.25, 0.3) is 0 Å². The molecule has 20 heavy (non-hydrogen) atoms. The molecule has 0 bridgehead atoms. The normalized spacial score (nSPS) is 18.8. The topological polar surface area (TPSA) is 65.4 Å². The van der Waals surface area contributed by atoms with Crippen LogP contribution in [-0.4, -0.2) is 32.1 Å². The second kappa shape index (κ2) is 6.40. The number of ether oxygens (including phenoxy) is 1. The number of nitrogens with one attached hydrogen (secondary N) is 1. The van der Waals surface area contributed by atoms with Gasteiger partial charge in [-0.1, -0.05) is 13.0 Å². The summed E-state index contributed by atoms with van der Waals surface area (Å²) in [6, 6.07) is 7.21. The van der Waals surface area contributed by atoms with E-state index in [9.17, 15) is 10.1 Å². The van der Waals surface area contributed by atoms with Crippen molar-refractivity contribution in [3.63, 3.8) is 0 Å². The fraction of sp³-hybridized carbons (Fsp3) is 0.467. The molecule has 106 valence electrons. The minimum Gasteiger partial charge on any atom is -0.495 e. The third-order valence-electron chi connectivity index (χ3n) is 3.50. The molecule has 1 unspecified atom stereocenters. The van der Waals surface area contributed by atoms with Crippen LogP contribution in [0.25, 0.3) is 0 Å². The molecule has 0 radical (unpaired) electrons. The lowest BCUT2D eigenvalue weighted by atomic mass is 10.0. The molecule has 0 aromatic heterocycles. The standard InChI is InChI=1S/C15H19N3O2/c1-3-17-12-7-5-9-18(15(12)19)14-11(10-16)6-4-8-13(14)20-2/h4,6,8,12,17H,3,5,7,9H2,1-2H3. The van der Waals surface area contributed by atoms with Crippen molar-refractivity contribution in [3.05, 3.63) is 23.8 Å². The SMILES string of the molecule is CCNC1CCCN(c2c(C#N)cccc2OC)C1=O. The molecule has 5 nitrogen and oxygen atoms in total. The summed E-state index contributed by atoms with van der Waals surface area (Å²) in [5.74, 6) is 0.577. The fourth-order valence-corrected chi connectivity index (χ4v) is 2.59. The number of methoxy groups -OCH3 is 1. The maximum atomic E-state index is 12.6. The van der Waals surface area contributed by atoms with Crippen molar-refractivity contribution in [2.45, 2.75) is 25.8 Å². The first-order chi connectivity index (χ1) is 9.72. The lowest BCUT2D eigenvalue weighted by Gasteiger charge is -2.33. The van der Waals surface area contributed by atoms with Crippen LogP contribution >= 0.6 is 0 Å². The highest BCUT2D eigenvalue weighted by atomic mass is 16.5. The maximum Gasteiger partial charge on any atom is 0.244 e. The van der Waals surface area contributed by atoms with Gasteiger partial charge in [-0.3, -0.25) is 4.79 Å². The minimum absolute atomic E-state index is 0.0131. The Kier molecular flexibility index (Phi) is 4.59. The van der Waals surface area contributed by atoms with E-state index < -0.39 is 0 Å². The number of nitrogens with zero attached hydrogens (tertiary/aromatic N) is 2. The highest BCUT2D eigenvalue weighted by Crippen LogP contribution is 2.34. The van der Waals surface area contributed by atoms with Crippen molar-refractivity contribution in [3.8, 4) is 11.8 Å². The molecular formula is C15H19N3O2. The molecule has 0 aliphatic carbocycles. The monoisotopic (exact) mass is 273 g/mol. The Morgan fingerprint density at radius 3 is 3.00 bits per heavy atom. The Morgan fingerprint density at radius 2 is 2.35 bits per heavy atom. The zero-order valence-electron chi connectivity index (χ0n) is 11.8. The van der Waals surface area contributed by atoms with E-state index >= 15 is 0 Å². The van der Waals surface area contributed by atoms with Crippen molar-refractivity contribution in [2.75, 3.05) is 25.1 Å². The fourth-order valence-electron chi connectivity index (χ4n) is 2.59. The summed E-state index contributed by atoms with van der Waals surface area (Å²) in [7, 11) is 1.55. The van der Waals surface area contributed by atoms with E-state index in [1.54, 1.807) is 30.2 Å². The van der Waals surface area contributed by atoms with Gasteiger partial charge in [0.05, 0.1) is 18.7 Å². The number of para-hydroxylation sites is 1. The van der Waals surface area contributed by atoms with Gasteiger partial charge in [-0.15, -0.1) is 0 Å². The van der Waals surface area contributed by atoms with Crippen LogP contribution in [0.5, 0.6) is 5.75 Å². The Hall–Kier alpha value is -2.06. The van der Waals surface area contributed by atoms with Crippen molar-refractivity contribution >= 4 is 11.6 Å². The van der Waals surface area contributed by atoms with Gasteiger partial charge in [-0.2, -0.15) is 5.26 Å². The molecule has 1 N–H and O–H groups in total. The second-order valence-corrected chi connectivity index (χ2v) is 4.71. The van der Waals surface area contributed by atoms with Gasteiger partial charge in [0, 0.05) is 6.54 Å². The number of carbonyl (C=O) groups is 1. The van der Waals surface area contributed by atoms with E-state index in [1.165, 1.54) is 0 Å². The average Bonchev–Trinajstić information content (AvgIpc) is 2.49. The molecule has 1 fully saturated rings. The quantitative estimate of drug-likeness (QED) is 0.906. The molecule has 1 aromatic rings. The van der Waals surface area contributed by atoms with Gasteiger partial charge in [-0.25, -0.2) is 0 Å². The van der Waals surface area contributed by atoms with E-state index in [4.69, 9.17) is 4.74 Å². The molecule has 1 amide bonds. The Labute approximate surface area is 119 Å². The second-order valence-electron chi connectivity index (χ2n) is 4.71. The highest BCUT2D eigenvalue weighted by molar-refractivity contribution is 6.00. The van der Waals surface area contributed by atoms with Crippen LogP contribution in [0, 0.1) is 11.3 Å². The molecule has 1 heterocycles. The van der Waals surface area contributed by atoms with Crippen LogP contribution in [0.15, 0.2) is 18.2 Å². The third-order valence-corrected chi connectivity index (χ3v) is 3.50. The van der Waals surface area contributed by atoms with Gasteiger partial charge < -0.3 is 15.0 Å². The zero-order chi connectivity index (χ0) is 14.5. The summed E-state index contributed by atoms with van der Waals surface area (Å²) in [5, 5.41) is 12.5. The summed E-state index contributed by atoms with van der Waals surface area (Å²) >= 11 is 0. The molecule has 1 aromatic carbocycles. The number of likely N-dealkylation sites (N-methyl/N-ethyl adjacent to an activating group) is 1. The van der Waals surface area contributed by atoms with Gasteiger partial charge in [0.1, 0.15) is 17.5 Å². The van der Waals surface area contributed by atoms with E-state index in [1.807, 2.05) is 6.92 Å². The number of anilines is 1. The number of hydrogen-bond donors (Lipinski definition) is 1. The summed E-state index contributed by atoms with van der Waals surface area (Å²) < 4.78 is 5.32. The number of piperidine rings is 1. The number of benzene rings is 1. The molecule has 5 heteroatoms. The Bertz CT molecular complexity index is 534. The van der Waals surface area contributed by atoms with Crippen LogP contribution in [0.4, 0.5) is 5.69 Å². The maximum absolute atomic E-state index is 12.6. The lowest BCUT2D eigenvalue weighted by Crippen LogP contribution is -2.51. The Morgan fingerprint density at radius 1 is 1.55 bits per heavy atom. The smallest absolute Gasteiger partial charge is 0.244 e. The van der Waals surface area contributed by atoms with Gasteiger partial charge in [-0.05, 0) is 31.5 Å². The number of carbonyl (C=O) groups excluding carboxylic acids is 1. The number of amides is 1.